The fourth-order valence-corrected chi connectivity index (χ4v) is 2.20. The minimum absolute atomic E-state index is 0.0207. The first-order chi connectivity index (χ1) is 11.7. The highest BCUT2D eigenvalue weighted by Gasteiger charge is 2.03. The summed E-state index contributed by atoms with van der Waals surface area (Å²) in [5.41, 5.74) is 2.03. The second kappa shape index (κ2) is 9.53. The van der Waals surface area contributed by atoms with Gasteiger partial charge in [0.05, 0.1) is 6.61 Å². The maximum Gasteiger partial charge on any atom is 0.244 e. The van der Waals surface area contributed by atoms with Gasteiger partial charge in [0.2, 0.25) is 5.91 Å². The summed E-state index contributed by atoms with van der Waals surface area (Å²) >= 11 is 0. The van der Waals surface area contributed by atoms with Crippen molar-refractivity contribution in [2.24, 2.45) is 0 Å². The zero-order valence-electron chi connectivity index (χ0n) is 14.1. The van der Waals surface area contributed by atoms with Crippen molar-refractivity contribution in [2.45, 2.75) is 19.6 Å². The molecule has 0 aliphatic rings. The van der Waals surface area contributed by atoms with Gasteiger partial charge in [0.15, 0.2) is 0 Å². The molecule has 1 atom stereocenters. The van der Waals surface area contributed by atoms with E-state index in [1.165, 1.54) is 6.08 Å². The standard InChI is InChI=1S/C20H23NO3/c1-16(14-23-2)21-20(22)12-11-17-9-6-10-19(13-17)24-15-18-7-4-3-5-8-18/h3-13,16H,14-15H2,1-2H3,(H,21,22). The lowest BCUT2D eigenvalue weighted by molar-refractivity contribution is -0.117. The van der Waals surface area contributed by atoms with Crippen molar-refractivity contribution in [3.05, 3.63) is 71.8 Å². The van der Waals surface area contributed by atoms with Crippen molar-refractivity contribution in [1.82, 2.24) is 5.32 Å². The molecule has 0 aliphatic heterocycles. The van der Waals surface area contributed by atoms with Crippen LogP contribution in [0.5, 0.6) is 5.75 Å². The van der Waals surface area contributed by atoms with Crippen LogP contribution in [0.25, 0.3) is 6.08 Å². The molecule has 0 spiro atoms. The van der Waals surface area contributed by atoms with Crippen molar-refractivity contribution in [3.8, 4) is 5.75 Å². The highest BCUT2D eigenvalue weighted by Crippen LogP contribution is 2.16. The van der Waals surface area contributed by atoms with Crippen LogP contribution in [-0.4, -0.2) is 25.7 Å². The molecule has 0 saturated carbocycles. The quantitative estimate of drug-likeness (QED) is 0.757. The molecule has 2 rings (SSSR count). The van der Waals surface area contributed by atoms with Crippen LogP contribution in [0.1, 0.15) is 18.1 Å². The number of nitrogens with one attached hydrogen (secondary N) is 1. The van der Waals surface area contributed by atoms with Gasteiger partial charge < -0.3 is 14.8 Å². The number of rotatable bonds is 8. The van der Waals surface area contributed by atoms with Gasteiger partial charge in [-0.05, 0) is 36.3 Å². The van der Waals surface area contributed by atoms with E-state index in [0.717, 1.165) is 16.9 Å². The first-order valence-corrected chi connectivity index (χ1v) is 7.91. The minimum Gasteiger partial charge on any atom is -0.489 e. The molecule has 1 N–H and O–H groups in total. The van der Waals surface area contributed by atoms with Crippen molar-refractivity contribution in [1.29, 1.82) is 0 Å². The smallest absolute Gasteiger partial charge is 0.244 e. The third-order valence-electron chi connectivity index (χ3n) is 3.34. The number of hydrogen-bond acceptors (Lipinski definition) is 3. The van der Waals surface area contributed by atoms with E-state index in [1.807, 2.05) is 61.5 Å². The first-order valence-electron chi connectivity index (χ1n) is 7.91. The molecule has 0 aromatic heterocycles. The molecule has 2 aromatic rings. The predicted octanol–water partition coefficient (Wildman–Crippen LogP) is 3.43. The third kappa shape index (κ3) is 6.26. The SMILES string of the molecule is COCC(C)NC(=O)C=Cc1cccc(OCc2ccccc2)c1. The maximum absolute atomic E-state index is 11.8. The number of carbonyl (C=O) groups is 1. The summed E-state index contributed by atoms with van der Waals surface area (Å²) in [6.45, 7) is 2.90. The van der Waals surface area contributed by atoms with E-state index in [1.54, 1.807) is 13.2 Å². The van der Waals surface area contributed by atoms with E-state index in [2.05, 4.69) is 5.32 Å². The summed E-state index contributed by atoms with van der Waals surface area (Å²) in [6, 6.07) is 17.6. The number of methoxy groups -OCH3 is 1. The lowest BCUT2D eigenvalue weighted by Crippen LogP contribution is -2.34. The van der Waals surface area contributed by atoms with Crippen molar-refractivity contribution in [3.63, 3.8) is 0 Å². The molecule has 0 heterocycles. The Hall–Kier alpha value is -2.59. The van der Waals surface area contributed by atoms with Crippen LogP contribution in [0.15, 0.2) is 60.7 Å². The second-order valence-corrected chi connectivity index (χ2v) is 5.55. The average Bonchev–Trinajstić information content (AvgIpc) is 2.60. The van der Waals surface area contributed by atoms with Gasteiger partial charge in [-0.3, -0.25) is 4.79 Å². The molecule has 2 aromatic carbocycles. The Morgan fingerprint density at radius 2 is 1.96 bits per heavy atom. The Morgan fingerprint density at radius 1 is 1.17 bits per heavy atom. The molecule has 0 aliphatic carbocycles. The molecule has 24 heavy (non-hydrogen) atoms. The van der Waals surface area contributed by atoms with Crippen LogP contribution >= 0.6 is 0 Å². The van der Waals surface area contributed by atoms with Gasteiger partial charge in [0.1, 0.15) is 12.4 Å². The van der Waals surface area contributed by atoms with Crippen LogP contribution in [0.4, 0.5) is 0 Å². The van der Waals surface area contributed by atoms with Crippen LogP contribution in [0.2, 0.25) is 0 Å². The topological polar surface area (TPSA) is 47.6 Å². The fourth-order valence-electron chi connectivity index (χ4n) is 2.20. The second-order valence-electron chi connectivity index (χ2n) is 5.55. The van der Waals surface area contributed by atoms with Crippen molar-refractivity contribution >= 4 is 12.0 Å². The molecule has 0 bridgehead atoms. The van der Waals surface area contributed by atoms with Gasteiger partial charge in [0.25, 0.3) is 0 Å². The molecular weight excluding hydrogens is 302 g/mol. The number of carbonyl (C=O) groups excluding carboxylic acids is 1. The highest BCUT2D eigenvalue weighted by molar-refractivity contribution is 5.91. The van der Waals surface area contributed by atoms with Gasteiger partial charge >= 0.3 is 0 Å². The lowest BCUT2D eigenvalue weighted by atomic mass is 10.2. The molecule has 0 saturated heterocycles. The van der Waals surface area contributed by atoms with E-state index < -0.39 is 0 Å². The monoisotopic (exact) mass is 325 g/mol. The van der Waals surface area contributed by atoms with Crippen molar-refractivity contribution in [2.75, 3.05) is 13.7 Å². The molecule has 126 valence electrons. The summed E-state index contributed by atoms with van der Waals surface area (Å²) in [7, 11) is 1.61. The predicted molar refractivity (Wildman–Crippen MR) is 95.7 cm³/mol. The van der Waals surface area contributed by atoms with Crippen LogP contribution in [0.3, 0.4) is 0 Å². The number of hydrogen-bond donors (Lipinski definition) is 1. The molecule has 4 nitrogen and oxygen atoms in total. The largest absolute Gasteiger partial charge is 0.489 e. The molecule has 4 heteroatoms. The highest BCUT2D eigenvalue weighted by atomic mass is 16.5. The summed E-state index contributed by atoms with van der Waals surface area (Å²) < 4.78 is 10.8. The number of benzene rings is 2. The van der Waals surface area contributed by atoms with Gasteiger partial charge in [-0.1, -0.05) is 42.5 Å². The van der Waals surface area contributed by atoms with Crippen LogP contribution in [-0.2, 0) is 16.1 Å². The Labute approximate surface area is 143 Å². The van der Waals surface area contributed by atoms with Gasteiger partial charge in [-0.25, -0.2) is 0 Å². The lowest BCUT2D eigenvalue weighted by Gasteiger charge is -2.10. The molecule has 0 fully saturated rings. The van der Waals surface area contributed by atoms with Gasteiger partial charge in [-0.2, -0.15) is 0 Å². The molecule has 0 radical (unpaired) electrons. The third-order valence-corrected chi connectivity index (χ3v) is 3.34. The van der Waals surface area contributed by atoms with E-state index in [9.17, 15) is 4.79 Å². The summed E-state index contributed by atoms with van der Waals surface area (Å²) in [5.74, 6) is 0.629. The zero-order valence-corrected chi connectivity index (χ0v) is 14.1. The summed E-state index contributed by atoms with van der Waals surface area (Å²) in [4.78, 5) is 11.8. The van der Waals surface area contributed by atoms with E-state index in [4.69, 9.17) is 9.47 Å². The Kier molecular flexibility index (Phi) is 7.05. The molecular formula is C20H23NO3. The maximum atomic E-state index is 11.8. The summed E-state index contributed by atoms with van der Waals surface area (Å²) in [5, 5.41) is 2.83. The normalized spacial score (nSPS) is 12.1. The van der Waals surface area contributed by atoms with Crippen LogP contribution < -0.4 is 10.1 Å². The van der Waals surface area contributed by atoms with E-state index in [0.29, 0.717) is 13.2 Å². The van der Waals surface area contributed by atoms with Crippen molar-refractivity contribution < 1.29 is 14.3 Å². The van der Waals surface area contributed by atoms with E-state index >= 15 is 0 Å². The molecule has 1 unspecified atom stereocenters. The Bertz CT molecular complexity index is 668. The number of amides is 1. The Balaban J connectivity index is 1.90. The Morgan fingerprint density at radius 3 is 2.71 bits per heavy atom. The summed E-state index contributed by atoms with van der Waals surface area (Å²) in [6.07, 6.45) is 3.28. The fraction of sp³-hybridized carbons (Fsp3) is 0.250. The zero-order chi connectivity index (χ0) is 17.2. The average molecular weight is 325 g/mol. The molecule has 1 amide bonds. The van der Waals surface area contributed by atoms with E-state index in [-0.39, 0.29) is 11.9 Å². The minimum atomic E-state index is -0.143. The van der Waals surface area contributed by atoms with Gasteiger partial charge in [-0.15, -0.1) is 0 Å². The van der Waals surface area contributed by atoms with Crippen LogP contribution in [0, 0.1) is 0 Å². The first kappa shape index (κ1) is 17.8. The number of ether oxygens (including phenoxy) is 2. The van der Waals surface area contributed by atoms with Gasteiger partial charge in [0, 0.05) is 19.2 Å².